The smallest absolute Gasteiger partial charge is 0.234 e. The lowest BCUT2D eigenvalue weighted by Gasteiger charge is -2.28. The van der Waals surface area contributed by atoms with E-state index in [0.717, 1.165) is 31.2 Å². The number of amides is 1. The molecule has 2 aliphatic carbocycles. The van der Waals surface area contributed by atoms with E-state index in [0.29, 0.717) is 6.04 Å². The van der Waals surface area contributed by atoms with Crippen molar-refractivity contribution in [2.45, 2.75) is 70.5 Å². The van der Waals surface area contributed by atoms with Gasteiger partial charge in [-0.25, -0.2) is 8.42 Å². The molecule has 150 valence electrons. The summed E-state index contributed by atoms with van der Waals surface area (Å²) < 4.78 is 23.3. The van der Waals surface area contributed by atoms with E-state index in [4.69, 9.17) is 0 Å². The molecule has 0 saturated heterocycles. The van der Waals surface area contributed by atoms with Crippen LogP contribution in [0.5, 0.6) is 0 Å². The molecule has 0 aromatic heterocycles. The van der Waals surface area contributed by atoms with Gasteiger partial charge in [0.05, 0.1) is 18.3 Å². The molecule has 0 aliphatic heterocycles. The second-order valence-corrected chi connectivity index (χ2v) is 10.6. The Labute approximate surface area is 163 Å². The third-order valence-corrected chi connectivity index (χ3v) is 6.79. The zero-order valence-corrected chi connectivity index (χ0v) is 17.5. The lowest BCUT2D eigenvalue weighted by molar-refractivity contribution is -0.123. The van der Waals surface area contributed by atoms with E-state index < -0.39 is 9.84 Å². The summed E-state index contributed by atoms with van der Waals surface area (Å²) in [6, 6.07) is 6.72. The molecule has 1 amide bonds. The predicted molar refractivity (Wildman–Crippen MR) is 109 cm³/mol. The van der Waals surface area contributed by atoms with E-state index in [-0.39, 0.29) is 30.3 Å². The number of benzene rings is 1. The minimum atomic E-state index is -3.06. The highest BCUT2D eigenvalue weighted by Crippen LogP contribution is 2.29. The van der Waals surface area contributed by atoms with Crippen molar-refractivity contribution in [2.24, 2.45) is 0 Å². The molecule has 0 spiro atoms. The van der Waals surface area contributed by atoms with Gasteiger partial charge in [-0.2, -0.15) is 0 Å². The molecule has 27 heavy (non-hydrogen) atoms. The fraction of sp³-hybridized carbons (Fsp3) is 0.667. The number of aryl methyl sites for hydroxylation is 2. The van der Waals surface area contributed by atoms with Gasteiger partial charge in [0.25, 0.3) is 0 Å². The summed E-state index contributed by atoms with van der Waals surface area (Å²) in [5.41, 5.74) is 4.01. The number of fused-ring (bicyclic) bond motifs is 1. The number of sulfone groups is 1. The van der Waals surface area contributed by atoms with Gasteiger partial charge in [-0.1, -0.05) is 18.2 Å². The number of rotatable bonds is 8. The van der Waals surface area contributed by atoms with Gasteiger partial charge in [0.2, 0.25) is 5.91 Å². The van der Waals surface area contributed by atoms with Crippen molar-refractivity contribution in [1.29, 1.82) is 0 Å². The molecular formula is C21H32N2O3S. The number of carbonyl (C=O) groups is 1. The molecule has 1 saturated carbocycles. The Balaban J connectivity index is 1.60. The molecule has 1 aromatic carbocycles. The van der Waals surface area contributed by atoms with E-state index in [1.54, 1.807) is 0 Å². The molecular weight excluding hydrogens is 360 g/mol. The average Bonchev–Trinajstić information content (AvgIpc) is 3.42. The summed E-state index contributed by atoms with van der Waals surface area (Å²) in [5, 5.41) is 3.10. The van der Waals surface area contributed by atoms with Crippen LogP contribution in [0.25, 0.3) is 0 Å². The Morgan fingerprint density at radius 1 is 1.19 bits per heavy atom. The molecule has 1 fully saturated rings. The Hall–Kier alpha value is -1.40. The summed E-state index contributed by atoms with van der Waals surface area (Å²) in [7, 11) is -3.06. The predicted octanol–water partition coefficient (Wildman–Crippen LogP) is 2.64. The SMILES string of the molecule is CC(NC(=O)CN(C(C)CS(C)(=O)=O)C1CC1)c1ccc2c(c1)CCCC2. The van der Waals surface area contributed by atoms with Gasteiger partial charge in [0.1, 0.15) is 9.84 Å². The van der Waals surface area contributed by atoms with Gasteiger partial charge in [-0.05, 0) is 69.1 Å². The van der Waals surface area contributed by atoms with Crippen LogP contribution < -0.4 is 5.32 Å². The zero-order valence-electron chi connectivity index (χ0n) is 16.7. The quantitative estimate of drug-likeness (QED) is 0.739. The lowest BCUT2D eigenvalue weighted by atomic mass is 9.89. The van der Waals surface area contributed by atoms with Gasteiger partial charge in [-0.15, -0.1) is 0 Å². The van der Waals surface area contributed by atoms with Crippen LogP contribution in [0.3, 0.4) is 0 Å². The number of hydrogen-bond acceptors (Lipinski definition) is 4. The summed E-state index contributed by atoms with van der Waals surface area (Å²) in [6.45, 7) is 4.18. The van der Waals surface area contributed by atoms with Crippen LogP contribution in [0.2, 0.25) is 0 Å². The van der Waals surface area contributed by atoms with Crippen LogP contribution in [-0.2, 0) is 27.5 Å². The number of nitrogens with one attached hydrogen (secondary N) is 1. The largest absolute Gasteiger partial charge is 0.348 e. The molecule has 0 radical (unpaired) electrons. The van der Waals surface area contributed by atoms with E-state index in [2.05, 4.69) is 28.4 Å². The standard InChI is InChI=1S/C21H32N2O3S/c1-15(14-27(3,25)26)23(20-10-11-20)13-21(24)22-16(2)18-9-8-17-6-4-5-7-19(17)12-18/h8-9,12,15-16,20H,4-7,10-11,13-14H2,1-3H3,(H,22,24). The highest BCUT2D eigenvalue weighted by atomic mass is 32.2. The summed E-state index contributed by atoms with van der Waals surface area (Å²) >= 11 is 0. The molecule has 5 nitrogen and oxygen atoms in total. The second kappa shape index (κ2) is 8.31. The first-order chi connectivity index (χ1) is 12.7. The molecule has 1 aromatic rings. The molecule has 2 unspecified atom stereocenters. The average molecular weight is 393 g/mol. The van der Waals surface area contributed by atoms with Crippen molar-refractivity contribution in [2.75, 3.05) is 18.6 Å². The maximum atomic E-state index is 12.6. The van der Waals surface area contributed by atoms with Crippen LogP contribution in [0.1, 0.15) is 62.3 Å². The fourth-order valence-electron chi connectivity index (χ4n) is 4.14. The Bertz CT molecular complexity index is 787. The zero-order chi connectivity index (χ0) is 19.6. The first-order valence-corrected chi connectivity index (χ1v) is 12.1. The van der Waals surface area contributed by atoms with Crippen LogP contribution >= 0.6 is 0 Å². The number of carbonyl (C=O) groups excluding carboxylic acids is 1. The van der Waals surface area contributed by atoms with Crippen LogP contribution in [-0.4, -0.2) is 49.9 Å². The molecule has 0 heterocycles. The Morgan fingerprint density at radius 2 is 1.85 bits per heavy atom. The molecule has 2 aliphatic rings. The van der Waals surface area contributed by atoms with E-state index in [1.807, 2.05) is 13.8 Å². The summed E-state index contributed by atoms with van der Waals surface area (Å²) in [5.74, 6) is 0.0597. The normalized spacial score (nSPS) is 19.4. The first-order valence-electron chi connectivity index (χ1n) is 10.1. The van der Waals surface area contributed by atoms with Crippen molar-refractivity contribution in [1.82, 2.24) is 10.2 Å². The van der Waals surface area contributed by atoms with Gasteiger partial charge in [-0.3, -0.25) is 9.69 Å². The van der Waals surface area contributed by atoms with E-state index in [1.165, 1.54) is 30.2 Å². The van der Waals surface area contributed by atoms with Gasteiger partial charge < -0.3 is 5.32 Å². The molecule has 1 N–H and O–H groups in total. The first kappa shape index (κ1) is 20.3. The maximum Gasteiger partial charge on any atom is 0.234 e. The maximum absolute atomic E-state index is 12.6. The fourth-order valence-corrected chi connectivity index (χ4v) is 5.21. The third kappa shape index (κ3) is 5.79. The molecule has 6 heteroatoms. The van der Waals surface area contributed by atoms with Crippen molar-refractivity contribution >= 4 is 15.7 Å². The molecule has 3 rings (SSSR count). The van der Waals surface area contributed by atoms with Crippen molar-refractivity contribution in [3.05, 3.63) is 34.9 Å². The molecule has 2 atom stereocenters. The minimum absolute atomic E-state index is 0.0347. The topological polar surface area (TPSA) is 66.5 Å². The number of nitrogens with zero attached hydrogens (tertiary/aromatic N) is 1. The van der Waals surface area contributed by atoms with E-state index >= 15 is 0 Å². The van der Waals surface area contributed by atoms with Crippen LogP contribution in [0.15, 0.2) is 18.2 Å². The lowest BCUT2D eigenvalue weighted by Crippen LogP contribution is -2.46. The minimum Gasteiger partial charge on any atom is -0.348 e. The van der Waals surface area contributed by atoms with Crippen LogP contribution in [0, 0.1) is 0 Å². The Morgan fingerprint density at radius 3 is 2.48 bits per heavy atom. The van der Waals surface area contributed by atoms with Gasteiger partial charge in [0, 0.05) is 18.3 Å². The van der Waals surface area contributed by atoms with Crippen molar-refractivity contribution < 1.29 is 13.2 Å². The highest BCUT2D eigenvalue weighted by molar-refractivity contribution is 7.90. The monoisotopic (exact) mass is 392 g/mol. The van der Waals surface area contributed by atoms with Gasteiger partial charge >= 0.3 is 0 Å². The summed E-state index contributed by atoms with van der Waals surface area (Å²) in [4.78, 5) is 14.7. The number of hydrogen-bond donors (Lipinski definition) is 1. The Kier molecular flexibility index (Phi) is 6.26. The van der Waals surface area contributed by atoms with Gasteiger partial charge in [0.15, 0.2) is 0 Å². The highest BCUT2D eigenvalue weighted by Gasteiger charge is 2.34. The molecule has 0 bridgehead atoms. The second-order valence-electron chi connectivity index (χ2n) is 8.37. The van der Waals surface area contributed by atoms with Crippen molar-refractivity contribution in [3.63, 3.8) is 0 Å². The van der Waals surface area contributed by atoms with E-state index in [9.17, 15) is 13.2 Å². The third-order valence-electron chi connectivity index (χ3n) is 5.70. The van der Waals surface area contributed by atoms with Crippen molar-refractivity contribution in [3.8, 4) is 0 Å². The summed E-state index contributed by atoms with van der Waals surface area (Å²) in [6.07, 6.45) is 8.14. The van der Waals surface area contributed by atoms with Crippen LogP contribution in [0.4, 0.5) is 0 Å².